The summed E-state index contributed by atoms with van der Waals surface area (Å²) in [4.78, 5) is 0.333. The van der Waals surface area contributed by atoms with E-state index in [2.05, 4.69) is 6.08 Å². The van der Waals surface area contributed by atoms with Gasteiger partial charge in [-0.05, 0) is 50.5 Å². The Morgan fingerprint density at radius 3 is 2.53 bits per heavy atom. The average molecular weight is 280 g/mol. The highest BCUT2D eigenvalue weighted by Crippen LogP contribution is 2.27. The summed E-state index contributed by atoms with van der Waals surface area (Å²) < 4.78 is 26.9. The fourth-order valence-electron chi connectivity index (χ4n) is 2.34. The van der Waals surface area contributed by atoms with Gasteiger partial charge < -0.3 is 5.73 Å². The Labute approximate surface area is 115 Å². The summed E-state index contributed by atoms with van der Waals surface area (Å²) >= 11 is 0. The number of sulfonamides is 1. The van der Waals surface area contributed by atoms with Crippen molar-refractivity contribution in [2.45, 2.75) is 32.1 Å². The lowest BCUT2D eigenvalue weighted by Gasteiger charge is -2.26. The van der Waals surface area contributed by atoms with Crippen LogP contribution in [0.1, 0.15) is 24.5 Å². The molecule has 0 bridgehead atoms. The Hall–Kier alpha value is -1.33. The van der Waals surface area contributed by atoms with E-state index < -0.39 is 10.0 Å². The van der Waals surface area contributed by atoms with Gasteiger partial charge in [0.2, 0.25) is 10.0 Å². The second kappa shape index (κ2) is 4.98. The molecule has 19 heavy (non-hydrogen) atoms. The van der Waals surface area contributed by atoms with Gasteiger partial charge in [-0.2, -0.15) is 4.31 Å². The Kier molecular flexibility index (Phi) is 3.69. The minimum absolute atomic E-state index is 0.333. The molecule has 1 aliphatic heterocycles. The van der Waals surface area contributed by atoms with E-state index in [0.29, 0.717) is 29.2 Å². The molecule has 0 saturated heterocycles. The Morgan fingerprint density at radius 2 is 1.89 bits per heavy atom. The molecule has 1 aromatic rings. The lowest BCUT2D eigenvalue weighted by molar-refractivity contribution is 0.427. The maximum Gasteiger partial charge on any atom is 0.243 e. The summed E-state index contributed by atoms with van der Waals surface area (Å²) in [5.41, 5.74) is 9.01. The summed E-state index contributed by atoms with van der Waals surface area (Å²) in [7, 11) is -3.46. The minimum Gasteiger partial charge on any atom is -0.398 e. The van der Waals surface area contributed by atoms with Crippen molar-refractivity contribution in [1.82, 2.24) is 4.31 Å². The van der Waals surface area contributed by atoms with E-state index in [1.807, 2.05) is 13.8 Å². The first kappa shape index (κ1) is 14.1. The fourth-order valence-corrected chi connectivity index (χ4v) is 4.18. The highest BCUT2D eigenvalue weighted by atomic mass is 32.2. The molecule has 0 aliphatic carbocycles. The molecule has 0 radical (unpaired) electrons. The first-order valence-electron chi connectivity index (χ1n) is 6.35. The molecule has 1 heterocycles. The van der Waals surface area contributed by atoms with Gasteiger partial charge in [-0.1, -0.05) is 11.6 Å². The van der Waals surface area contributed by atoms with Crippen LogP contribution in [0.25, 0.3) is 0 Å². The van der Waals surface area contributed by atoms with Crippen molar-refractivity contribution in [3.8, 4) is 0 Å². The fraction of sp³-hybridized carbons (Fsp3) is 0.429. The van der Waals surface area contributed by atoms with E-state index in [1.54, 1.807) is 19.1 Å². The van der Waals surface area contributed by atoms with Gasteiger partial charge in [-0.25, -0.2) is 8.42 Å². The van der Waals surface area contributed by atoms with Crippen LogP contribution in [0.5, 0.6) is 0 Å². The number of nitrogens with zero attached hydrogens (tertiary/aromatic N) is 1. The van der Waals surface area contributed by atoms with E-state index in [-0.39, 0.29) is 0 Å². The van der Waals surface area contributed by atoms with Gasteiger partial charge in [0.25, 0.3) is 0 Å². The van der Waals surface area contributed by atoms with Gasteiger partial charge in [0.05, 0.1) is 4.90 Å². The minimum atomic E-state index is -3.46. The van der Waals surface area contributed by atoms with E-state index in [1.165, 1.54) is 4.31 Å². The number of anilines is 1. The number of benzene rings is 1. The summed E-state index contributed by atoms with van der Waals surface area (Å²) in [6.45, 7) is 6.58. The maximum atomic E-state index is 12.7. The maximum absolute atomic E-state index is 12.7. The number of aryl methyl sites for hydroxylation is 1. The van der Waals surface area contributed by atoms with Gasteiger partial charge in [0.1, 0.15) is 0 Å². The number of hydrogen-bond donors (Lipinski definition) is 1. The molecule has 2 rings (SSSR count). The Bertz CT molecular complexity index is 633. The molecular weight excluding hydrogens is 260 g/mol. The smallest absolute Gasteiger partial charge is 0.243 e. The molecule has 0 aromatic heterocycles. The molecule has 0 saturated carbocycles. The van der Waals surface area contributed by atoms with Gasteiger partial charge >= 0.3 is 0 Å². The van der Waals surface area contributed by atoms with Crippen LogP contribution in [-0.2, 0) is 10.0 Å². The largest absolute Gasteiger partial charge is 0.398 e. The summed E-state index contributed by atoms with van der Waals surface area (Å²) in [6.07, 6.45) is 2.86. The van der Waals surface area contributed by atoms with Gasteiger partial charge in [0, 0.05) is 18.8 Å². The topological polar surface area (TPSA) is 63.4 Å². The van der Waals surface area contributed by atoms with E-state index in [0.717, 1.165) is 17.6 Å². The van der Waals surface area contributed by atoms with Crippen LogP contribution < -0.4 is 5.73 Å². The van der Waals surface area contributed by atoms with Crippen molar-refractivity contribution in [2.75, 3.05) is 18.8 Å². The van der Waals surface area contributed by atoms with Crippen LogP contribution in [0.4, 0.5) is 5.69 Å². The zero-order valence-electron chi connectivity index (χ0n) is 11.6. The monoisotopic (exact) mass is 280 g/mol. The average Bonchev–Trinajstić information content (AvgIpc) is 2.33. The van der Waals surface area contributed by atoms with Crippen LogP contribution in [0.15, 0.2) is 28.7 Å². The predicted octanol–water partition coefficient (Wildman–Crippen LogP) is 2.23. The molecular formula is C14H20N2O2S. The highest BCUT2D eigenvalue weighted by Gasteiger charge is 2.28. The Morgan fingerprint density at radius 1 is 1.21 bits per heavy atom. The van der Waals surface area contributed by atoms with Crippen molar-refractivity contribution in [3.05, 3.63) is 34.9 Å². The lowest BCUT2D eigenvalue weighted by Crippen LogP contribution is -2.35. The third-order valence-corrected chi connectivity index (χ3v) is 5.43. The van der Waals surface area contributed by atoms with Crippen LogP contribution in [0.3, 0.4) is 0 Å². The van der Waals surface area contributed by atoms with Gasteiger partial charge in [0.15, 0.2) is 0 Å². The third-order valence-electron chi connectivity index (χ3n) is 3.46. The number of nitrogen functional groups attached to an aromatic ring is 1. The zero-order chi connectivity index (χ0) is 14.2. The van der Waals surface area contributed by atoms with Crippen molar-refractivity contribution in [2.24, 2.45) is 0 Å². The first-order chi connectivity index (χ1) is 8.82. The predicted molar refractivity (Wildman–Crippen MR) is 77.5 cm³/mol. The summed E-state index contributed by atoms with van der Waals surface area (Å²) in [5.74, 6) is 0. The molecule has 104 valence electrons. The molecule has 4 nitrogen and oxygen atoms in total. The molecule has 1 aliphatic rings. The van der Waals surface area contributed by atoms with Crippen LogP contribution >= 0.6 is 0 Å². The quantitative estimate of drug-likeness (QED) is 0.667. The second-order valence-electron chi connectivity index (χ2n) is 5.16. The highest BCUT2D eigenvalue weighted by molar-refractivity contribution is 7.89. The van der Waals surface area contributed by atoms with Gasteiger partial charge in [-0.3, -0.25) is 0 Å². The molecule has 0 unspecified atom stereocenters. The third kappa shape index (κ3) is 2.67. The normalized spacial score (nSPS) is 17.3. The van der Waals surface area contributed by atoms with E-state index in [9.17, 15) is 8.42 Å². The molecule has 5 heteroatoms. The molecule has 0 spiro atoms. The number of hydrogen-bond acceptors (Lipinski definition) is 3. The number of nitrogens with two attached hydrogens (primary N) is 1. The SMILES string of the molecule is CC1=CCCN(S(=O)(=O)c2cc(C)cc(N)c2C)C1. The zero-order valence-corrected chi connectivity index (χ0v) is 12.4. The standard InChI is InChI=1S/C14H20N2O2S/c1-10-5-4-6-16(9-10)19(17,18)14-8-11(2)7-13(15)12(14)3/h5,7-8H,4,6,9,15H2,1-3H3. The van der Waals surface area contributed by atoms with Crippen molar-refractivity contribution < 1.29 is 8.42 Å². The molecule has 2 N–H and O–H groups in total. The molecule has 1 aromatic carbocycles. The van der Waals surface area contributed by atoms with Gasteiger partial charge in [-0.15, -0.1) is 0 Å². The van der Waals surface area contributed by atoms with Crippen LogP contribution in [-0.4, -0.2) is 25.8 Å². The van der Waals surface area contributed by atoms with Crippen LogP contribution in [0, 0.1) is 13.8 Å². The molecule has 0 atom stereocenters. The number of rotatable bonds is 2. The van der Waals surface area contributed by atoms with Crippen molar-refractivity contribution in [3.63, 3.8) is 0 Å². The summed E-state index contributed by atoms with van der Waals surface area (Å²) in [5, 5.41) is 0. The second-order valence-corrected chi connectivity index (χ2v) is 7.06. The van der Waals surface area contributed by atoms with E-state index in [4.69, 9.17) is 5.73 Å². The van der Waals surface area contributed by atoms with Crippen molar-refractivity contribution in [1.29, 1.82) is 0 Å². The van der Waals surface area contributed by atoms with E-state index >= 15 is 0 Å². The van der Waals surface area contributed by atoms with Crippen LogP contribution in [0.2, 0.25) is 0 Å². The van der Waals surface area contributed by atoms with Crippen molar-refractivity contribution >= 4 is 15.7 Å². The summed E-state index contributed by atoms with van der Waals surface area (Å²) in [6, 6.07) is 3.50. The Balaban J connectivity index is 2.48. The molecule has 0 amide bonds. The lowest BCUT2D eigenvalue weighted by atomic mass is 10.1. The molecule has 0 fully saturated rings. The first-order valence-corrected chi connectivity index (χ1v) is 7.79.